The Bertz CT molecular complexity index is 623. The number of nitrogens with one attached hydrogen (secondary N) is 1. The van der Waals surface area contributed by atoms with Crippen LogP contribution in [0.5, 0.6) is 0 Å². The van der Waals surface area contributed by atoms with E-state index in [1.165, 1.54) is 17.7 Å². The summed E-state index contributed by atoms with van der Waals surface area (Å²) in [6.45, 7) is 3.02. The third-order valence-electron chi connectivity index (χ3n) is 3.11. The summed E-state index contributed by atoms with van der Waals surface area (Å²) in [4.78, 5) is 36.1. The zero-order valence-electron chi connectivity index (χ0n) is 11.2. The average molecular weight is 300 g/mol. The summed E-state index contributed by atoms with van der Waals surface area (Å²) in [5, 5.41) is -0.154. The molecule has 0 bridgehead atoms. The van der Waals surface area contributed by atoms with Crippen molar-refractivity contribution in [3.8, 4) is 0 Å². The molecule has 1 saturated heterocycles. The Morgan fingerprint density at radius 3 is 2.95 bits per heavy atom. The third kappa shape index (κ3) is 3.13. The van der Waals surface area contributed by atoms with E-state index in [0.29, 0.717) is 12.0 Å². The lowest BCUT2D eigenvalue weighted by Crippen LogP contribution is -2.33. The molecule has 1 aromatic heterocycles. The van der Waals surface area contributed by atoms with E-state index in [4.69, 9.17) is 9.47 Å². The number of carbonyl (C=O) groups excluding carboxylic acids is 1. The molecule has 0 saturated carbocycles. The molecule has 1 aromatic rings. The Morgan fingerprint density at radius 2 is 2.30 bits per heavy atom. The summed E-state index contributed by atoms with van der Waals surface area (Å²) in [7, 11) is 0. The number of aromatic nitrogens is 2. The van der Waals surface area contributed by atoms with Gasteiger partial charge in [-0.25, -0.2) is 4.79 Å². The molecule has 0 aromatic carbocycles. The molecule has 1 aliphatic rings. The monoisotopic (exact) mass is 300 g/mol. The van der Waals surface area contributed by atoms with Crippen molar-refractivity contribution < 1.29 is 14.3 Å². The first-order valence-electron chi connectivity index (χ1n) is 6.17. The highest BCUT2D eigenvalue weighted by Gasteiger charge is 2.35. The second-order valence-corrected chi connectivity index (χ2v) is 5.38. The van der Waals surface area contributed by atoms with Crippen LogP contribution in [0.25, 0.3) is 0 Å². The maximum Gasteiger partial charge on any atom is 0.330 e. The third-order valence-corrected chi connectivity index (χ3v) is 3.65. The van der Waals surface area contributed by atoms with Crippen molar-refractivity contribution in [2.24, 2.45) is 0 Å². The molecule has 0 radical (unpaired) electrons. The number of carbonyl (C=O) groups is 1. The Morgan fingerprint density at radius 1 is 1.60 bits per heavy atom. The topological polar surface area (TPSA) is 90.4 Å². The molecular formula is C12H16N2O5S. The number of hydrogen-bond donors (Lipinski definition) is 2. The Kier molecular flexibility index (Phi) is 4.34. The van der Waals surface area contributed by atoms with Crippen molar-refractivity contribution in [3.05, 3.63) is 32.6 Å². The summed E-state index contributed by atoms with van der Waals surface area (Å²) in [5.74, 6) is -0.394. The van der Waals surface area contributed by atoms with E-state index in [2.05, 4.69) is 17.6 Å². The zero-order valence-corrected chi connectivity index (χ0v) is 12.1. The van der Waals surface area contributed by atoms with Crippen LogP contribution in [0, 0.1) is 6.92 Å². The Labute approximate surface area is 120 Å². The van der Waals surface area contributed by atoms with Gasteiger partial charge in [0.1, 0.15) is 18.9 Å². The van der Waals surface area contributed by atoms with Gasteiger partial charge in [0.05, 0.1) is 0 Å². The molecule has 20 heavy (non-hydrogen) atoms. The van der Waals surface area contributed by atoms with Crippen LogP contribution in [0.4, 0.5) is 0 Å². The molecule has 8 heteroatoms. The number of ether oxygens (including phenoxy) is 2. The number of aromatic amines is 1. The normalized spacial score (nSPS) is 25.6. The zero-order chi connectivity index (χ0) is 14.9. The van der Waals surface area contributed by atoms with Crippen LogP contribution in [-0.2, 0) is 14.3 Å². The Balaban J connectivity index is 2.16. The summed E-state index contributed by atoms with van der Waals surface area (Å²) in [6.07, 6.45) is 1.04. The summed E-state index contributed by atoms with van der Waals surface area (Å²) in [5.41, 5.74) is -0.519. The average Bonchev–Trinajstić information content (AvgIpc) is 2.72. The lowest BCUT2D eigenvalue weighted by molar-refractivity contribution is -0.145. The fraction of sp³-hybridized carbons (Fsp3) is 0.583. The van der Waals surface area contributed by atoms with E-state index in [1.807, 2.05) is 0 Å². The minimum Gasteiger partial charge on any atom is -0.463 e. The smallest absolute Gasteiger partial charge is 0.330 e. The van der Waals surface area contributed by atoms with E-state index in [9.17, 15) is 14.4 Å². The number of rotatable bonds is 3. The molecule has 0 amide bonds. The van der Waals surface area contributed by atoms with E-state index in [-0.39, 0.29) is 18.0 Å². The van der Waals surface area contributed by atoms with Crippen molar-refractivity contribution in [2.75, 3.05) is 6.61 Å². The molecule has 1 fully saturated rings. The van der Waals surface area contributed by atoms with Crippen LogP contribution < -0.4 is 11.2 Å². The molecule has 2 rings (SSSR count). The number of hydrogen-bond acceptors (Lipinski definition) is 6. The van der Waals surface area contributed by atoms with Gasteiger partial charge in [0.15, 0.2) is 0 Å². The van der Waals surface area contributed by atoms with Gasteiger partial charge >= 0.3 is 11.7 Å². The van der Waals surface area contributed by atoms with Crippen LogP contribution in [0.15, 0.2) is 15.8 Å². The number of esters is 1. The van der Waals surface area contributed by atoms with Gasteiger partial charge in [0.2, 0.25) is 0 Å². The highest BCUT2D eigenvalue weighted by molar-refractivity contribution is 7.81. The lowest BCUT2D eigenvalue weighted by atomic mass is 10.2. The van der Waals surface area contributed by atoms with Crippen LogP contribution in [0.1, 0.15) is 25.1 Å². The molecule has 1 aliphatic heterocycles. The van der Waals surface area contributed by atoms with Gasteiger partial charge in [0, 0.05) is 30.4 Å². The van der Waals surface area contributed by atoms with Gasteiger partial charge in [0.25, 0.3) is 5.56 Å². The van der Waals surface area contributed by atoms with Crippen molar-refractivity contribution in [1.29, 1.82) is 0 Å². The quantitative estimate of drug-likeness (QED) is 0.605. The van der Waals surface area contributed by atoms with Gasteiger partial charge in [-0.15, -0.1) is 0 Å². The fourth-order valence-corrected chi connectivity index (χ4v) is 2.37. The first-order valence-corrected chi connectivity index (χ1v) is 6.69. The van der Waals surface area contributed by atoms with Crippen LogP contribution in [0.2, 0.25) is 0 Å². The minimum absolute atomic E-state index is 0.0943. The van der Waals surface area contributed by atoms with Crippen molar-refractivity contribution >= 4 is 18.6 Å². The highest BCUT2D eigenvalue weighted by atomic mass is 32.1. The first kappa shape index (κ1) is 14.9. The molecule has 3 atom stereocenters. The lowest BCUT2D eigenvalue weighted by Gasteiger charge is -2.16. The van der Waals surface area contributed by atoms with Gasteiger partial charge in [-0.05, 0) is 6.92 Å². The van der Waals surface area contributed by atoms with Gasteiger partial charge in [-0.1, -0.05) is 0 Å². The number of nitrogens with zero attached hydrogens (tertiary/aromatic N) is 1. The highest BCUT2D eigenvalue weighted by Crippen LogP contribution is 2.31. The van der Waals surface area contributed by atoms with Crippen molar-refractivity contribution in [1.82, 2.24) is 9.55 Å². The number of aryl methyl sites for hydroxylation is 1. The fourth-order valence-electron chi connectivity index (χ4n) is 2.04. The SMILES string of the molecule is CC(=O)OC[C@H]1O[C@@H](n2cc(C)c(=O)[nH]c2=O)C[C@@H]1S. The molecule has 1 N–H and O–H groups in total. The minimum atomic E-state index is -0.528. The van der Waals surface area contributed by atoms with Gasteiger partial charge in [-0.2, -0.15) is 12.6 Å². The summed E-state index contributed by atoms with van der Waals surface area (Å²) < 4.78 is 11.9. The van der Waals surface area contributed by atoms with Crippen LogP contribution in [0.3, 0.4) is 0 Å². The number of H-pyrrole nitrogens is 1. The van der Waals surface area contributed by atoms with Gasteiger partial charge < -0.3 is 9.47 Å². The van der Waals surface area contributed by atoms with Crippen LogP contribution in [-0.4, -0.2) is 33.5 Å². The standard InChI is InChI=1S/C12H16N2O5S/c1-6-4-14(12(17)13-11(6)16)10-3-9(20)8(19-10)5-18-7(2)15/h4,8-10,20H,3,5H2,1-2H3,(H,13,16,17)/t8-,9+,10-/m1/s1. The van der Waals surface area contributed by atoms with E-state index in [1.54, 1.807) is 6.92 Å². The molecular weight excluding hydrogens is 284 g/mol. The summed E-state index contributed by atoms with van der Waals surface area (Å²) in [6, 6.07) is 0. The maximum absolute atomic E-state index is 11.8. The second-order valence-electron chi connectivity index (χ2n) is 4.71. The van der Waals surface area contributed by atoms with Gasteiger partial charge in [-0.3, -0.25) is 19.1 Å². The molecule has 0 spiro atoms. The largest absolute Gasteiger partial charge is 0.463 e. The maximum atomic E-state index is 11.8. The molecule has 7 nitrogen and oxygen atoms in total. The predicted molar refractivity (Wildman–Crippen MR) is 74.0 cm³/mol. The van der Waals surface area contributed by atoms with Crippen molar-refractivity contribution in [2.45, 2.75) is 37.9 Å². The number of thiol groups is 1. The second kappa shape index (κ2) is 5.84. The molecule has 2 heterocycles. The van der Waals surface area contributed by atoms with E-state index in [0.717, 1.165) is 0 Å². The van der Waals surface area contributed by atoms with E-state index < -0.39 is 23.4 Å². The molecule has 110 valence electrons. The Hall–Kier alpha value is -1.54. The van der Waals surface area contributed by atoms with Crippen LogP contribution >= 0.6 is 12.6 Å². The first-order chi connectivity index (χ1) is 9.38. The van der Waals surface area contributed by atoms with E-state index >= 15 is 0 Å². The van der Waals surface area contributed by atoms with Crippen molar-refractivity contribution in [3.63, 3.8) is 0 Å². The summed E-state index contributed by atoms with van der Waals surface area (Å²) >= 11 is 4.38. The molecule has 0 aliphatic carbocycles. The molecule has 0 unspecified atom stereocenters. The predicted octanol–water partition coefficient (Wildman–Crippen LogP) is -0.00598.